The molecule has 1 aliphatic heterocycles. The van der Waals surface area contributed by atoms with Gasteiger partial charge in [0.15, 0.2) is 5.78 Å². The second-order valence-corrected chi connectivity index (χ2v) is 7.53. The number of hydrogen-bond donors (Lipinski definition) is 2. The number of carbonyl (C=O) groups excluding carboxylic acids is 1. The number of ketones is 1. The zero-order valence-electron chi connectivity index (χ0n) is 14.8. The Morgan fingerprint density at radius 1 is 1.14 bits per heavy atom. The third-order valence-corrected chi connectivity index (χ3v) is 5.64. The van der Waals surface area contributed by atoms with E-state index in [2.05, 4.69) is 15.4 Å². The Labute approximate surface area is 166 Å². The van der Waals surface area contributed by atoms with E-state index in [1.54, 1.807) is 22.9 Å². The fourth-order valence-corrected chi connectivity index (χ4v) is 4.39. The Hall–Kier alpha value is -3.12. The maximum Gasteiger partial charge on any atom is 0.226 e. The molecule has 0 spiro atoms. The van der Waals surface area contributed by atoms with Crippen LogP contribution >= 0.6 is 11.6 Å². The normalized spacial score (nSPS) is 21.1. The molecule has 1 aliphatic carbocycles. The Morgan fingerprint density at radius 2 is 2.00 bits per heavy atom. The number of aromatic hydroxyl groups is 1. The summed E-state index contributed by atoms with van der Waals surface area (Å²) in [4.78, 5) is 17.5. The van der Waals surface area contributed by atoms with Crippen molar-refractivity contribution in [3.05, 3.63) is 82.3 Å². The molecule has 28 heavy (non-hydrogen) atoms. The van der Waals surface area contributed by atoms with Crippen LogP contribution in [0.4, 0.5) is 5.95 Å². The van der Waals surface area contributed by atoms with Gasteiger partial charge in [-0.25, -0.2) is 4.68 Å². The Bertz CT molecular complexity index is 1120. The molecule has 0 unspecified atom stereocenters. The highest BCUT2D eigenvalue weighted by atomic mass is 35.5. The van der Waals surface area contributed by atoms with Crippen molar-refractivity contribution < 1.29 is 9.90 Å². The number of allylic oxidation sites excluding steroid dienone is 2. The van der Waals surface area contributed by atoms with Crippen LogP contribution in [0.25, 0.3) is 0 Å². The predicted octanol–water partition coefficient (Wildman–Crippen LogP) is 4.05. The van der Waals surface area contributed by atoms with Crippen molar-refractivity contribution in [2.24, 2.45) is 0 Å². The van der Waals surface area contributed by atoms with Gasteiger partial charge in [-0.1, -0.05) is 41.9 Å². The molecule has 140 valence electrons. The number of aromatic nitrogens is 3. The molecule has 7 heteroatoms. The zero-order chi connectivity index (χ0) is 19.3. The van der Waals surface area contributed by atoms with E-state index in [1.807, 2.05) is 30.3 Å². The summed E-state index contributed by atoms with van der Waals surface area (Å²) in [5, 5.41) is 18.5. The number of nitrogens with one attached hydrogen (secondary N) is 1. The number of rotatable bonds is 2. The predicted molar refractivity (Wildman–Crippen MR) is 105 cm³/mol. The number of phenols is 1. The topological polar surface area (TPSA) is 80.0 Å². The number of para-hydroxylation sites is 1. The van der Waals surface area contributed by atoms with Crippen molar-refractivity contribution in [3.8, 4) is 5.75 Å². The van der Waals surface area contributed by atoms with Crippen LogP contribution in [0.2, 0.25) is 5.02 Å². The summed E-state index contributed by atoms with van der Waals surface area (Å²) < 4.78 is 1.72. The lowest BCUT2D eigenvalue weighted by molar-refractivity contribution is -0.116. The van der Waals surface area contributed by atoms with Crippen LogP contribution in [-0.4, -0.2) is 25.7 Å². The molecule has 0 fully saturated rings. The molecule has 3 aromatic rings. The van der Waals surface area contributed by atoms with Crippen molar-refractivity contribution in [2.75, 3.05) is 5.32 Å². The Morgan fingerprint density at radius 3 is 2.82 bits per heavy atom. The molecular formula is C21H17ClN4O2. The maximum absolute atomic E-state index is 13.2. The van der Waals surface area contributed by atoms with Crippen molar-refractivity contribution in [2.45, 2.75) is 24.8 Å². The lowest BCUT2D eigenvalue weighted by Gasteiger charge is -2.35. The number of halogens is 1. The van der Waals surface area contributed by atoms with Gasteiger partial charge in [0.1, 0.15) is 18.1 Å². The van der Waals surface area contributed by atoms with E-state index < -0.39 is 0 Å². The average molecular weight is 393 g/mol. The van der Waals surface area contributed by atoms with Crippen LogP contribution in [0.5, 0.6) is 5.75 Å². The van der Waals surface area contributed by atoms with Gasteiger partial charge in [-0.15, -0.1) is 0 Å². The maximum atomic E-state index is 13.2. The van der Waals surface area contributed by atoms with Crippen molar-refractivity contribution in [1.29, 1.82) is 0 Å². The van der Waals surface area contributed by atoms with E-state index in [1.165, 1.54) is 6.33 Å². The summed E-state index contributed by atoms with van der Waals surface area (Å²) in [5.41, 5.74) is 3.19. The smallest absolute Gasteiger partial charge is 0.226 e. The molecule has 0 bridgehead atoms. The zero-order valence-corrected chi connectivity index (χ0v) is 15.6. The quantitative estimate of drug-likeness (QED) is 0.687. The SMILES string of the molecule is O=C1C[C@H](c2ccccc2O)CC2=C1[C@@H](c1cccc(Cl)c1)n1ncnc1N2. The van der Waals surface area contributed by atoms with Gasteiger partial charge >= 0.3 is 0 Å². The molecule has 0 radical (unpaired) electrons. The van der Waals surface area contributed by atoms with Gasteiger partial charge in [0.05, 0.1) is 0 Å². The third-order valence-electron chi connectivity index (χ3n) is 5.40. The molecule has 2 atom stereocenters. The number of nitrogens with zero attached hydrogens (tertiary/aromatic N) is 3. The lowest BCUT2D eigenvalue weighted by Crippen LogP contribution is -2.33. The number of fused-ring (bicyclic) bond motifs is 1. The molecule has 0 saturated heterocycles. The van der Waals surface area contributed by atoms with Gasteiger partial charge in [-0.3, -0.25) is 4.79 Å². The minimum Gasteiger partial charge on any atom is -0.508 e. The van der Waals surface area contributed by atoms with E-state index in [-0.39, 0.29) is 23.5 Å². The van der Waals surface area contributed by atoms with Crippen LogP contribution in [0.15, 0.2) is 66.1 Å². The number of anilines is 1. The first-order chi connectivity index (χ1) is 13.6. The molecule has 0 amide bonds. The fourth-order valence-electron chi connectivity index (χ4n) is 4.19. The minimum absolute atomic E-state index is 0.0353. The van der Waals surface area contributed by atoms with Crippen LogP contribution in [0, 0.1) is 0 Å². The average Bonchev–Trinajstić information content (AvgIpc) is 3.14. The molecule has 2 aromatic carbocycles. The molecule has 5 rings (SSSR count). The molecule has 2 heterocycles. The molecular weight excluding hydrogens is 376 g/mol. The molecule has 1 aromatic heterocycles. The summed E-state index contributed by atoms with van der Waals surface area (Å²) in [5.74, 6) is 0.756. The van der Waals surface area contributed by atoms with Crippen LogP contribution in [0.1, 0.15) is 35.9 Å². The van der Waals surface area contributed by atoms with Gasteiger partial charge in [-0.05, 0) is 35.7 Å². The number of Topliss-reactive ketones (excluding diaryl/α,β-unsaturated/α-hetero) is 1. The second-order valence-electron chi connectivity index (χ2n) is 7.09. The first-order valence-electron chi connectivity index (χ1n) is 9.08. The second kappa shape index (κ2) is 6.49. The van der Waals surface area contributed by atoms with Crippen LogP contribution in [-0.2, 0) is 4.79 Å². The highest BCUT2D eigenvalue weighted by Crippen LogP contribution is 2.45. The summed E-state index contributed by atoms with van der Waals surface area (Å²) in [6.07, 6.45) is 2.42. The minimum atomic E-state index is -0.370. The standard InChI is InChI=1S/C21H17ClN4O2/c22-14-5-3-4-12(8-14)20-19-16(25-21-23-11-24-26(20)21)9-13(10-18(19)28)15-6-1-2-7-17(15)27/h1-8,11,13,20,27H,9-10H2,(H,23,24,25)/t13-,20-/m1/s1. The molecule has 2 N–H and O–H groups in total. The van der Waals surface area contributed by atoms with Gasteiger partial charge in [-0.2, -0.15) is 10.1 Å². The van der Waals surface area contributed by atoms with Crippen LogP contribution < -0.4 is 5.32 Å². The largest absolute Gasteiger partial charge is 0.508 e. The van der Waals surface area contributed by atoms with E-state index in [0.29, 0.717) is 29.4 Å². The summed E-state index contributed by atoms with van der Waals surface area (Å²) in [6.45, 7) is 0. The molecule has 2 aliphatic rings. The fraction of sp³-hybridized carbons (Fsp3) is 0.190. The first-order valence-corrected chi connectivity index (χ1v) is 9.45. The van der Waals surface area contributed by atoms with Crippen molar-refractivity contribution in [3.63, 3.8) is 0 Å². The Kier molecular flexibility index (Phi) is 3.94. The van der Waals surface area contributed by atoms with Gasteiger partial charge in [0, 0.05) is 28.6 Å². The van der Waals surface area contributed by atoms with Crippen molar-refractivity contribution in [1.82, 2.24) is 14.8 Å². The monoisotopic (exact) mass is 392 g/mol. The number of benzene rings is 2. The van der Waals surface area contributed by atoms with E-state index in [9.17, 15) is 9.90 Å². The summed E-state index contributed by atoms with van der Waals surface area (Å²) in [6, 6.07) is 14.3. The molecule has 0 saturated carbocycles. The van der Waals surface area contributed by atoms with Crippen molar-refractivity contribution >= 4 is 23.3 Å². The molecule has 6 nitrogen and oxygen atoms in total. The van der Waals surface area contributed by atoms with Gasteiger partial charge in [0.25, 0.3) is 0 Å². The highest BCUT2D eigenvalue weighted by molar-refractivity contribution is 6.30. The number of phenolic OH excluding ortho intramolecular Hbond substituents is 1. The third kappa shape index (κ3) is 2.68. The first kappa shape index (κ1) is 17.0. The summed E-state index contributed by atoms with van der Waals surface area (Å²) >= 11 is 6.21. The van der Waals surface area contributed by atoms with Crippen LogP contribution in [0.3, 0.4) is 0 Å². The van der Waals surface area contributed by atoms with Gasteiger partial charge < -0.3 is 10.4 Å². The van der Waals surface area contributed by atoms with E-state index >= 15 is 0 Å². The number of carbonyl (C=O) groups is 1. The Balaban J connectivity index is 1.62. The summed E-state index contributed by atoms with van der Waals surface area (Å²) in [7, 11) is 0. The highest BCUT2D eigenvalue weighted by Gasteiger charge is 2.39. The van der Waals surface area contributed by atoms with E-state index in [0.717, 1.165) is 16.8 Å². The lowest BCUT2D eigenvalue weighted by atomic mass is 9.77. The van der Waals surface area contributed by atoms with E-state index in [4.69, 9.17) is 11.6 Å². The van der Waals surface area contributed by atoms with Gasteiger partial charge in [0.2, 0.25) is 5.95 Å². The number of hydrogen-bond acceptors (Lipinski definition) is 5.